The number of esters is 2. The predicted molar refractivity (Wildman–Crippen MR) is 148 cm³/mol. The van der Waals surface area contributed by atoms with E-state index in [2.05, 4.69) is 4.99 Å². The molecule has 0 saturated heterocycles. The third-order valence-electron chi connectivity index (χ3n) is 5.51. The molecule has 0 amide bonds. The van der Waals surface area contributed by atoms with Crippen LogP contribution in [0.5, 0.6) is 17.2 Å². The lowest BCUT2D eigenvalue weighted by atomic mass is 10.1. The number of nitrogens with zero attached hydrogens (tertiary/aromatic N) is 1. The summed E-state index contributed by atoms with van der Waals surface area (Å²) in [6.45, 7) is 2.14. The lowest BCUT2D eigenvalue weighted by Crippen LogP contribution is -2.08. The molecule has 0 saturated carbocycles. The molecule has 0 spiro atoms. The monoisotopic (exact) mass is 567 g/mol. The van der Waals surface area contributed by atoms with Crippen LogP contribution >= 0.6 is 34.5 Å². The van der Waals surface area contributed by atoms with Crippen LogP contribution in [0.1, 0.15) is 27.7 Å². The van der Waals surface area contributed by atoms with Crippen LogP contribution in [0.2, 0.25) is 10.0 Å². The van der Waals surface area contributed by atoms with Crippen molar-refractivity contribution in [2.45, 2.75) is 6.92 Å². The lowest BCUT2D eigenvalue weighted by molar-refractivity contribution is -0.129. The van der Waals surface area contributed by atoms with Gasteiger partial charge in [-0.05, 0) is 67.1 Å². The maximum Gasteiger partial charge on any atom is 0.363 e. The van der Waals surface area contributed by atoms with Gasteiger partial charge in [0.15, 0.2) is 17.2 Å². The number of cyclic esters (lactones) is 1. The maximum atomic E-state index is 13.0. The van der Waals surface area contributed by atoms with E-state index in [1.54, 1.807) is 73.8 Å². The molecule has 0 atom stereocenters. The first-order valence-corrected chi connectivity index (χ1v) is 13.0. The first-order valence-electron chi connectivity index (χ1n) is 11.4. The molecule has 38 heavy (non-hydrogen) atoms. The fraction of sp³-hybridized carbons (Fsp3) is 0.107. The van der Waals surface area contributed by atoms with Crippen LogP contribution in [0.25, 0.3) is 16.2 Å². The fourth-order valence-corrected chi connectivity index (χ4v) is 5.37. The Labute approximate surface area is 231 Å². The summed E-state index contributed by atoms with van der Waals surface area (Å²) in [7, 11) is 1.57. The largest absolute Gasteiger partial charge is 0.497 e. The molecule has 192 valence electrons. The zero-order valence-electron chi connectivity index (χ0n) is 20.1. The van der Waals surface area contributed by atoms with E-state index < -0.39 is 11.9 Å². The average Bonchev–Trinajstić information content (AvgIpc) is 3.44. The minimum Gasteiger partial charge on any atom is -0.497 e. The van der Waals surface area contributed by atoms with E-state index in [4.69, 9.17) is 42.1 Å². The Bertz CT molecular complexity index is 1620. The van der Waals surface area contributed by atoms with Crippen molar-refractivity contribution in [3.05, 3.63) is 92.4 Å². The molecule has 0 aliphatic carbocycles. The van der Waals surface area contributed by atoms with E-state index in [9.17, 15) is 9.59 Å². The molecule has 0 radical (unpaired) electrons. The molecule has 3 aromatic carbocycles. The Morgan fingerprint density at radius 3 is 2.58 bits per heavy atom. The van der Waals surface area contributed by atoms with Gasteiger partial charge >= 0.3 is 11.9 Å². The summed E-state index contributed by atoms with van der Waals surface area (Å²) in [5.74, 6) is 0.207. The van der Waals surface area contributed by atoms with Crippen molar-refractivity contribution >= 4 is 68.5 Å². The first kappa shape index (κ1) is 25.8. The number of ether oxygens (including phenoxy) is 4. The van der Waals surface area contributed by atoms with Gasteiger partial charge < -0.3 is 18.9 Å². The van der Waals surface area contributed by atoms with E-state index in [0.29, 0.717) is 39.3 Å². The topological polar surface area (TPSA) is 83.4 Å². The summed E-state index contributed by atoms with van der Waals surface area (Å²) in [5, 5.41) is 1.57. The standard InChI is InChI=1S/C28H19Cl2NO6S/c1-3-35-22-13-15(12-20-27(32)37-26(31-20)16-5-8-18(34-2)9-6-16)4-11-21(22)36-28(33)25-24(30)19-10-7-17(29)14-23(19)38-25/h4-14H,3H2,1-2H3/b20-12+. The summed E-state index contributed by atoms with van der Waals surface area (Å²) in [5.41, 5.74) is 1.37. The van der Waals surface area contributed by atoms with Gasteiger partial charge in [0, 0.05) is 20.7 Å². The summed E-state index contributed by atoms with van der Waals surface area (Å²) < 4.78 is 22.6. The van der Waals surface area contributed by atoms with E-state index in [1.807, 2.05) is 6.92 Å². The van der Waals surface area contributed by atoms with Gasteiger partial charge in [0.1, 0.15) is 10.6 Å². The van der Waals surface area contributed by atoms with Crippen molar-refractivity contribution in [1.29, 1.82) is 0 Å². The van der Waals surface area contributed by atoms with Gasteiger partial charge in [-0.2, -0.15) is 0 Å². The molecule has 5 rings (SSSR count). The van der Waals surface area contributed by atoms with Crippen LogP contribution in [-0.2, 0) is 9.53 Å². The van der Waals surface area contributed by atoms with Crippen molar-refractivity contribution in [3.63, 3.8) is 0 Å². The zero-order valence-corrected chi connectivity index (χ0v) is 22.4. The maximum absolute atomic E-state index is 13.0. The van der Waals surface area contributed by atoms with Crippen LogP contribution in [-0.4, -0.2) is 31.6 Å². The Morgan fingerprint density at radius 2 is 1.84 bits per heavy atom. The molecule has 1 aliphatic rings. The summed E-state index contributed by atoms with van der Waals surface area (Å²) >= 11 is 13.7. The molecule has 0 fully saturated rings. The molecule has 1 aliphatic heterocycles. The Kier molecular flexibility index (Phi) is 7.37. The van der Waals surface area contributed by atoms with Crippen LogP contribution in [0, 0.1) is 0 Å². The summed E-state index contributed by atoms with van der Waals surface area (Å²) in [4.78, 5) is 30.0. The predicted octanol–water partition coefficient (Wildman–Crippen LogP) is 7.18. The van der Waals surface area contributed by atoms with Gasteiger partial charge in [-0.3, -0.25) is 0 Å². The Morgan fingerprint density at radius 1 is 1.05 bits per heavy atom. The second-order valence-corrected chi connectivity index (χ2v) is 9.85. The van der Waals surface area contributed by atoms with Crippen molar-refractivity contribution in [2.24, 2.45) is 4.99 Å². The minimum atomic E-state index is -0.618. The SMILES string of the molecule is CCOc1cc(/C=C2/N=C(c3ccc(OC)cc3)OC2=O)ccc1OC(=O)c1sc2cc(Cl)ccc2c1Cl. The van der Waals surface area contributed by atoms with Gasteiger partial charge in [0.2, 0.25) is 5.90 Å². The molecular weight excluding hydrogens is 549 g/mol. The number of rotatable bonds is 7. The highest BCUT2D eigenvalue weighted by atomic mass is 35.5. The lowest BCUT2D eigenvalue weighted by Gasteiger charge is -2.11. The first-order chi connectivity index (χ1) is 18.4. The number of carbonyl (C=O) groups is 2. The van der Waals surface area contributed by atoms with E-state index in [1.165, 1.54) is 11.3 Å². The van der Waals surface area contributed by atoms with Crippen LogP contribution in [0.4, 0.5) is 0 Å². The Hall–Kier alpha value is -3.85. The van der Waals surface area contributed by atoms with E-state index in [0.717, 1.165) is 10.1 Å². The van der Waals surface area contributed by atoms with Crippen LogP contribution in [0.3, 0.4) is 0 Å². The number of methoxy groups -OCH3 is 1. The molecule has 10 heteroatoms. The second kappa shape index (κ2) is 10.9. The fourth-order valence-electron chi connectivity index (χ4n) is 3.71. The van der Waals surface area contributed by atoms with Gasteiger partial charge in [-0.15, -0.1) is 11.3 Å². The molecule has 0 N–H and O–H groups in total. The average molecular weight is 568 g/mol. The van der Waals surface area contributed by atoms with Crippen LogP contribution < -0.4 is 14.2 Å². The molecule has 2 heterocycles. The molecule has 0 bridgehead atoms. The molecule has 0 unspecified atom stereocenters. The third-order valence-corrected chi connectivity index (χ3v) is 7.38. The number of thiophene rings is 1. The number of aliphatic imine (C=N–C) groups is 1. The highest BCUT2D eigenvalue weighted by Gasteiger charge is 2.25. The van der Waals surface area contributed by atoms with Crippen LogP contribution in [0.15, 0.2) is 71.4 Å². The van der Waals surface area contributed by atoms with Crippen molar-refractivity contribution in [3.8, 4) is 17.2 Å². The summed E-state index contributed by atoms with van der Waals surface area (Å²) in [6.07, 6.45) is 1.57. The van der Waals surface area contributed by atoms with Gasteiger partial charge in [0.25, 0.3) is 0 Å². The number of fused-ring (bicyclic) bond motifs is 1. The van der Waals surface area contributed by atoms with Gasteiger partial charge in [0.05, 0.1) is 18.7 Å². The normalized spacial score (nSPS) is 13.9. The van der Waals surface area contributed by atoms with Gasteiger partial charge in [-0.25, -0.2) is 14.6 Å². The number of benzene rings is 3. The van der Waals surface area contributed by atoms with E-state index in [-0.39, 0.29) is 22.2 Å². The van der Waals surface area contributed by atoms with E-state index >= 15 is 0 Å². The number of carbonyl (C=O) groups excluding carboxylic acids is 2. The molecular formula is C28H19Cl2NO6S. The molecule has 1 aromatic heterocycles. The molecule has 7 nitrogen and oxygen atoms in total. The smallest absolute Gasteiger partial charge is 0.363 e. The van der Waals surface area contributed by atoms with Gasteiger partial charge in [-0.1, -0.05) is 35.3 Å². The van der Waals surface area contributed by atoms with Crippen molar-refractivity contribution < 1.29 is 28.5 Å². The zero-order chi connectivity index (χ0) is 26.8. The third kappa shape index (κ3) is 5.24. The van der Waals surface area contributed by atoms with Crippen molar-refractivity contribution in [2.75, 3.05) is 13.7 Å². The molecule has 4 aromatic rings. The highest BCUT2D eigenvalue weighted by Crippen LogP contribution is 2.38. The number of hydrogen-bond acceptors (Lipinski definition) is 8. The highest BCUT2D eigenvalue weighted by molar-refractivity contribution is 7.21. The number of hydrogen-bond donors (Lipinski definition) is 0. The minimum absolute atomic E-state index is 0.124. The van der Waals surface area contributed by atoms with Crippen molar-refractivity contribution in [1.82, 2.24) is 0 Å². The second-order valence-electron chi connectivity index (χ2n) is 7.98. The quantitative estimate of drug-likeness (QED) is 0.133. The Balaban J connectivity index is 1.40. The summed E-state index contributed by atoms with van der Waals surface area (Å²) in [6, 6.07) is 17.1. The number of halogens is 2.